The molecule has 14 heavy (non-hydrogen) atoms. The third-order valence-corrected chi connectivity index (χ3v) is 2.57. The summed E-state index contributed by atoms with van der Waals surface area (Å²) in [5, 5.41) is 0. The Hall–Kier alpha value is -1.70. The number of aromatic nitrogens is 1. The highest BCUT2D eigenvalue weighted by Crippen LogP contribution is 2.26. The van der Waals surface area contributed by atoms with Crippen molar-refractivity contribution in [1.82, 2.24) is 4.57 Å². The Morgan fingerprint density at radius 3 is 3.00 bits per heavy atom. The molecule has 1 aromatic heterocycles. The second-order valence-electron chi connectivity index (χ2n) is 3.44. The largest absolute Gasteiger partial charge is 0.491 e. The number of para-hydroxylation sites is 2. The summed E-state index contributed by atoms with van der Waals surface area (Å²) in [7, 11) is 0. The van der Waals surface area contributed by atoms with Crippen molar-refractivity contribution in [2.45, 2.75) is 6.42 Å². The fraction of sp³-hybridized carbons (Fsp3) is 0.167. The molecule has 1 aliphatic rings. The molecule has 2 heterocycles. The Bertz CT molecular complexity index is 459. The molecule has 2 aromatic rings. The van der Waals surface area contributed by atoms with Gasteiger partial charge in [-0.3, -0.25) is 0 Å². The van der Waals surface area contributed by atoms with Gasteiger partial charge in [-0.15, -0.1) is 0 Å². The molecule has 70 valence electrons. The van der Waals surface area contributed by atoms with Gasteiger partial charge in [-0.1, -0.05) is 12.1 Å². The van der Waals surface area contributed by atoms with Crippen LogP contribution in [0, 0.1) is 0 Å². The number of hydrogen-bond donors (Lipinski definition) is 0. The van der Waals surface area contributed by atoms with Crippen LogP contribution in [-0.4, -0.2) is 11.2 Å². The first-order valence-corrected chi connectivity index (χ1v) is 4.83. The van der Waals surface area contributed by atoms with Crippen LogP contribution in [0.15, 0.2) is 42.6 Å². The Morgan fingerprint density at radius 1 is 1.07 bits per heavy atom. The minimum Gasteiger partial charge on any atom is -0.491 e. The average Bonchev–Trinajstić information content (AvgIpc) is 2.61. The van der Waals surface area contributed by atoms with Gasteiger partial charge in [0.05, 0.1) is 12.3 Å². The first kappa shape index (κ1) is 7.68. The molecule has 0 saturated heterocycles. The summed E-state index contributed by atoms with van der Waals surface area (Å²) in [5.41, 5.74) is 2.46. The van der Waals surface area contributed by atoms with Gasteiger partial charge < -0.3 is 9.30 Å². The fourth-order valence-electron chi connectivity index (χ4n) is 1.90. The zero-order valence-corrected chi connectivity index (χ0v) is 7.81. The Labute approximate surface area is 82.7 Å². The van der Waals surface area contributed by atoms with Gasteiger partial charge in [0.25, 0.3) is 0 Å². The summed E-state index contributed by atoms with van der Waals surface area (Å²) in [6, 6.07) is 12.4. The first-order chi connectivity index (χ1) is 6.95. The highest BCUT2D eigenvalue weighted by Gasteiger charge is 2.12. The molecule has 0 N–H and O–H groups in total. The molecule has 0 radical (unpaired) electrons. The number of rotatable bonds is 0. The molecule has 1 aliphatic heterocycles. The van der Waals surface area contributed by atoms with E-state index in [0.717, 1.165) is 24.5 Å². The SMILES string of the molecule is c1ccc2c(c1)OCCc1cccn1-2. The molecule has 1 aromatic carbocycles. The van der Waals surface area contributed by atoms with Crippen molar-refractivity contribution in [3.05, 3.63) is 48.3 Å². The van der Waals surface area contributed by atoms with Crippen molar-refractivity contribution in [1.29, 1.82) is 0 Å². The van der Waals surface area contributed by atoms with Crippen LogP contribution in [-0.2, 0) is 6.42 Å². The summed E-state index contributed by atoms with van der Waals surface area (Å²) < 4.78 is 7.87. The molecule has 0 unspecified atom stereocenters. The third-order valence-electron chi connectivity index (χ3n) is 2.57. The van der Waals surface area contributed by atoms with Crippen molar-refractivity contribution in [3.8, 4) is 11.4 Å². The highest BCUT2D eigenvalue weighted by molar-refractivity contribution is 5.48. The van der Waals surface area contributed by atoms with E-state index in [1.165, 1.54) is 5.69 Å². The monoisotopic (exact) mass is 185 g/mol. The molecule has 0 spiro atoms. The molecule has 0 bridgehead atoms. The Morgan fingerprint density at radius 2 is 2.00 bits per heavy atom. The maximum absolute atomic E-state index is 5.67. The lowest BCUT2D eigenvalue weighted by Gasteiger charge is -2.07. The predicted molar refractivity (Wildman–Crippen MR) is 55.0 cm³/mol. The van der Waals surface area contributed by atoms with Crippen molar-refractivity contribution in [2.75, 3.05) is 6.61 Å². The van der Waals surface area contributed by atoms with Gasteiger partial charge in [0.1, 0.15) is 5.75 Å². The van der Waals surface area contributed by atoms with Crippen LogP contribution in [0.3, 0.4) is 0 Å². The molecule has 0 atom stereocenters. The van der Waals surface area contributed by atoms with Crippen LogP contribution < -0.4 is 4.74 Å². The van der Waals surface area contributed by atoms with Crippen LogP contribution in [0.2, 0.25) is 0 Å². The zero-order valence-electron chi connectivity index (χ0n) is 7.81. The number of hydrogen-bond acceptors (Lipinski definition) is 1. The van der Waals surface area contributed by atoms with Gasteiger partial charge in [0.15, 0.2) is 0 Å². The molecular weight excluding hydrogens is 174 g/mol. The van der Waals surface area contributed by atoms with E-state index in [1.54, 1.807) is 0 Å². The van der Waals surface area contributed by atoms with E-state index in [-0.39, 0.29) is 0 Å². The van der Waals surface area contributed by atoms with Crippen LogP contribution in [0.25, 0.3) is 5.69 Å². The van der Waals surface area contributed by atoms with Crippen molar-refractivity contribution in [3.63, 3.8) is 0 Å². The number of benzene rings is 1. The van der Waals surface area contributed by atoms with Crippen LogP contribution in [0.1, 0.15) is 5.69 Å². The lowest BCUT2D eigenvalue weighted by Crippen LogP contribution is -1.98. The summed E-state index contributed by atoms with van der Waals surface area (Å²) in [6.45, 7) is 0.765. The van der Waals surface area contributed by atoms with E-state index in [0.29, 0.717) is 0 Å². The second-order valence-corrected chi connectivity index (χ2v) is 3.44. The molecule has 2 nitrogen and oxygen atoms in total. The van der Waals surface area contributed by atoms with Crippen molar-refractivity contribution >= 4 is 0 Å². The third kappa shape index (κ3) is 1.04. The number of ether oxygens (including phenoxy) is 1. The Kier molecular flexibility index (Phi) is 1.60. The van der Waals surface area contributed by atoms with Crippen LogP contribution in [0.5, 0.6) is 5.75 Å². The predicted octanol–water partition coefficient (Wildman–Crippen LogP) is 2.41. The van der Waals surface area contributed by atoms with Gasteiger partial charge >= 0.3 is 0 Å². The lowest BCUT2D eigenvalue weighted by molar-refractivity contribution is 0.326. The second kappa shape index (κ2) is 2.91. The number of fused-ring (bicyclic) bond motifs is 3. The maximum atomic E-state index is 5.67. The van der Waals surface area contributed by atoms with Gasteiger partial charge in [-0.25, -0.2) is 0 Å². The molecule has 0 fully saturated rings. The lowest BCUT2D eigenvalue weighted by atomic mass is 10.3. The molecule has 0 amide bonds. The molecule has 2 heteroatoms. The molecule has 3 rings (SSSR count). The molecular formula is C12H11NO. The summed E-state index contributed by atoms with van der Waals surface area (Å²) in [4.78, 5) is 0. The van der Waals surface area contributed by atoms with E-state index in [1.807, 2.05) is 18.2 Å². The minimum absolute atomic E-state index is 0.765. The van der Waals surface area contributed by atoms with Crippen molar-refractivity contribution in [2.24, 2.45) is 0 Å². The van der Waals surface area contributed by atoms with E-state index >= 15 is 0 Å². The summed E-state index contributed by atoms with van der Waals surface area (Å²) in [6.07, 6.45) is 3.06. The van der Waals surface area contributed by atoms with Gasteiger partial charge in [0, 0.05) is 18.3 Å². The van der Waals surface area contributed by atoms with E-state index in [2.05, 4.69) is 29.0 Å². The smallest absolute Gasteiger partial charge is 0.143 e. The first-order valence-electron chi connectivity index (χ1n) is 4.83. The fourth-order valence-corrected chi connectivity index (χ4v) is 1.90. The van der Waals surface area contributed by atoms with E-state index in [4.69, 9.17) is 4.74 Å². The van der Waals surface area contributed by atoms with Crippen LogP contribution in [0.4, 0.5) is 0 Å². The number of nitrogens with zero attached hydrogens (tertiary/aromatic N) is 1. The van der Waals surface area contributed by atoms with E-state index in [9.17, 15) is 0 Å². The molecule has 0 saturated carbocycles. The van der Waals surface area contributed by atoms with E-state index < -0.39 is 0 Å². The average molecular weight is 185 g/mol. The minimum atomic E-state index is 0.765. The Balaban J connectivity index is 2.27. The quantitative estimate of drug-likeness (QED) is 0.614. The summed E-state index contributed by atoms with van der Waals surface area (Å²) in [5.74, 6) is 0.974. The van der Waals surface area contributed by atoms with Crippen molar-refractivity contribution < 1.29 is 4.74 Å². The highest BCUT2D eigenvalue weighted by atomic mass is 16.5. The molecule has 0 aliphatic carbocycles. The van der Waals surface area contributed by atoms with Crippen LogP contribution >= 0.6 is 0 Å². The topological polar surface area (TPSA) is 14.2 Å². The zero-order chi connectivity index (χ0) is 9.38. The van der Waals surface area contributed by atoms with Gasteiger partial charge in [-0.05, 0) is 24.3 Å². The standard InChI is InChI=1S/C12H11NO/c1-2-6-12-11(5-1)13-8-3-4-10(13)7-9-14-12/h1-6,8H,7,9H2. The summed E-state index contributed by atoms with van der Waals surface area (Å²) >= 11 is 0. The normalized spacial score (nSPS) is 13.7. The van der Waals surface area contributed by atoms with Gasteiger partial charge in [-0.2, -0.15) is 0 Å². The van der Waals surface area contributed by atoms with Gasteiger partial charge in [0.2, 0.25) is 0 Å². The maximum Gasteiger partial charge on any atom is 0.143 e.